The number of carbonyl (C=O) groups excluding carboxylic acids is 2. The Labute approximate surface area is 103 Å². The first-order valence-corrected chi connectivity index (χ1v) is 6.67. The van der Waals surface area contributed by atoms with Gasteiger partial charge >= 0.3 is 0 Å². The summed E-state index contributed by atoms with van der Waals surface area (Å²) in [5, 5.41) is 2.80. The summed E-state index contributed by atoms with van der Waals surface area (Å²) in [5.74, 6) is 0.423. The Morgan fingerprint density at radius 3 is 2.94 bits per heavy atom. The Morgan fingerprint density at radius 1 is 1.53 bits per heavy atom. The van der Waals surface area contributed by atoms with E-state index >= 15 is 0 Å². The number of rotatable bonds is 5. The van der Waals surface area contributed by atoms with Gasteiger partial charge in [-0.15, -0.1) is 0 Å². The molecule has 17 heavy (non-hydrogen) atoms. The molecule has 0 heterocycles. The van der Waals surface area contributed by atoms with Crippen LogP contribution in [0.15, 0.2) is 12.2 Å². The van der Waals surface area contributed by atoms with Crippen molar-refractivity contribution >= 4 is 11.7 Å². The van der Waals surface area contributed by atoms with Gasteiger partial charge < -0.3 is 5.32 Å². The van der Waals surface area contributed by atoms with Crippen LogP contribution >= 0.6 is 0 Å². The molecule has 0 aromatic heterocycles. The second kappa shape index (κ2) is 4.63. The second-order valence-corrected chi connectivity index (χ2v) is 5.19. The lowest BCUT2D eigenvalue weighted by molar-refractivity contribution is -0.136. The summed E-state index contributed by atoms with van der Waals surface area (Å²) < 4.78 is 0. The molecule has 1 saturated carbocycles. The predicted octanol–water partition coefficient (Wildman–Crippen LogP) is 2.07. The Hall–Kier alpha value is -1.12. The molecule has 0 aliphatic heterocycles. The quantitative estimate of drug-likeness (QED) is 0.585. The van der Waals surface area contributed by atoms with Crippen molar-refractivity contribution in [2.24, 2.45) is 17.3 Å². The van der Waals surface area contributed by atoms with Crippen molar-refractivity contribution in [1.82, 2.24) is 5.32 Å². The van der Waals surface area contributed by atoms with E-state index in [0.29, 0.717) is 12.5 Å². The third-order valence-corrected chi connectivity index (χ3v) is 4.09. The summed E-state index contributed by atoms with van der Waals surface area (Å²) >= 11 is 0. The first kappa shape index (κ1) is 12.3. The van der Waals surface area contributed by atoms with E-state index in [-0.39, 0.29) is 17.6 Å². The maximum Gasteiger partial charge on any atom is 0.237 e. The Morgan fingerprint density at radius 2 is 2.29 bits per heavy atom. The summed E-state index contributed by atoms with van der Waals surface area (Å²) in [7, 11) is 0. The van der Waals surface area contributed by atoms with Crippen molar-refractivity contribution in [2.75, 3.05) is 6.54 Å². The summed E-state index contributed by atoms with van der Waals surface area (Å²) in [4.78, 5) is 24.3. The number of amides is 1. The third-order valence-electron chi connectivity index (χ3n) is 4.09. The molecular weight excluding hydrogens is 214 g/mol. The molecule has 94 valence electrons. The molecule has 1 N–H and O–H groups in total. The van der Waals surface area contributed by atoms with Gasteiger partial charge in [0.25, 0.3) is 0 Å². The smallest absolute Gasteiger partial charge is 0.237 e. The number of fused-ring (bicyclic) bond motifs is 2. The maximum absolute atomic E-state index is 12.3. The second-order valence-electron chi connectivity index (χ2n) is 5.19. The largest absolute Gasteiger partial charge is 0.355 e. The van der Waals surface area contributed by atoms with Crippen LogP contribution < -0.4 is 5.32 Å². The highest BCUT2D eigenvalue weighted by Crippen LogP contribution is 2.51. The molecule has 2 aliphatic rings. The van der Waals surface area contributed by atoms with Crippen LogP contribution in [-0.2, 0) is 9.59 Å². The van der Waals surface area contributed by atoms with Gasteiger partial charge in [-0.25, -0.2) is 0 Å². The van der Waals surface area contributed by atoms with Gasteiger partial charge in [0.1, 0.15) is 5.41 Å². The highest BCUT2D eigenvalue weighted by molar-refractivity contribution is 6.13. The van der Waals surface area contributed by atoms with Crippen molar-refractivity contribution in [2.45, 2.75) is 39.5 Å². The lowest BCUT2D eigenvalue weighted by Gasteiger charge is -2.23. The maximum atomic E-state index is 12.3. The molecular formula is C14H21NO2. The van der Waals surface area contributed by atoms with E-state index in [1.54, 1.807) is 0 Å². The van der Waals surface area contributed by atoms with Crippen LogP contribution in [0.1, 0.15) is 39.5 Å². The number of unbranched alkanes of at least 4 members (excludes halogenated alkanes) is 1. The SMILES string of the molecule is CCCCC1CC2(C(=O)NCC)C=CC1C2=O. The van der Waals surface area contributed by atoms with Crippen molar-refractivity contribution in [1.29, 1.82) is 0 Å². The fraction of sp³-hybridized carbons (Fsp3) is 0.714. The number of carbonyl (C=O) groups is 2. The molecule has 3 unspecified atom stereocenters. The van der Waals surface area contributed by atoms with Crippen LogP contribution in [0, 0.1) is 17.3 Å². The number of hydrogen-bond acceptors (Lipinski definition) is 2. The average molecular weight is 235 g/mol. The fourth-order valence-corrected chi connectivity index (χ4v) is 3.16. The van der Waals surface area contributed by atoms with E-state index in [0.717, 1.165) is 25.7 Å². The van der Waals surface area contributed by atoms with Gasteiger partial charge in [0.2, 0.25) is 5.91 Å². The molecule has 0 aromatic carbocycles. The molecule has 3 heteroatoms. The van der Waals surface area contributed by atoms with Crippen LogP contribution in [0.2, 0.25) is 0 Å². The van der Waals surface area contributed by atoms with Gasteiger partial charge in [0.05, 0.1) is 0 Å². The van der Waals surface area contributed by atoms with Gasteiger partial charge in [0.15, 0.2) is 5.78 Å². The van der Waals surface area contributed by atoms with E-state index in [9.17, 15) is 9.59 Å². The number of ketones is 1. The molecule has 2 rings (SSSR count). The van der Waals surface area contributed by atoms with Gasteiger partial charge in [0, 0.05) is 12.5 Å². The highest BCUT2D eigenvalue weighted by Gasteiger charge is 2.58. The topological polar surface area (TPSA) is 46.2 Å². The molecule has 1 fully saturated rings. The molecule has 2 bridgehead atoms. The monoisotopic (exact) mass is 235 g/mol. The Bertz CT molecular complexity index is 361. The van der Waals surface area contributed by atoms with Crippen molar-refractivity contribution in [3.05, 3.63) is 12.2 Å². The molecule has 1 amide bonds. The average Bonchev–Trinajstić information content (AvgIpc) is 2.79. The minimum atomic E-state index is -0.820. The van der Waals surface area contributed by atoms with E-state index in [2.05, 4.69) is 12.2 Å². The molecule has 0 spiro atoms. The van der Waals surface area contributed by atoms with Crippen LogP contribution in [0.5, 0.6) is 0 Å². The molecule has 3 atom stereocenters. The lowest BCUT2D eigenvalue weighted by atomic mass is 9.81. The highest BCUT2D eigenvalue weighted by atomic mass is 16.2. The minimum absolute atomic E-state index is 0.00385. The van der Waals surface area contributed by atoms with Crippen molar-refractivity contribution < 1.29 is 9.59 Å². The number of allylic oxidation sites excluding steroid dienone is 1. The molecule has 0 saturated heterocycles. The summed E-state index contributed by atoms with van der Waals surface area (Å²) in [6.45, 7) is 4.63. The van der Waals surface area contributed by atoms with Crippen molar-refractivity contribution in [3.8, 4) is 0 Å². The molecule has 3 nitrogen and oxygen atoms in total. The summed E-state index contributed by atoms with van der Waals surface area (Å²) in [6.07, 6.45) is 7.88. The predicted molar refractivity (Wildman–Crippen MR) is 66.4 cm³/mol. The number of Topliss-reactive ketones (excluding diaryl/α,β-unsaturated/α-hetero) is 1. The van der Waals surface area contributed by atoms with Gasteiger partial charge in [-0.2, -0.15) is 0 Å². The summed E-state index contributed by atoms with van der Waals surface area (Å²) in [5.41, 5.74) is -0.820. The van der Waals surface area contributed by atoms with Crippen molar-refractivity contribution in [3.63, 3.8) is 0 Å². The third kappa shape index (κ3) is 1.81. The summed E-state index contributed by atoms with van der Waals surface area (Å²) in [6, 6.07) is 0. The van der Waals surface area contributed by atoms with E-state index in [4.69, 9.17) is 0 Å². The first-order chi connectivity index (χ1) is 8.15. The zero-order chi connectivity index (χ0) is 12.5. The van der Waals surface area contributed by atoms with Gasteiger partial charge in [-0.05, 0) is 25.7 Å². The van der Waals surface area contributed by atoms with Gasteiger partial charge in [-0.3, -0.25) is 9.59 Å². The van der Waals surface area contributed by atoms with Gasteiger partial charge in [-0.1, -0.05) is 31.9 Å². The van der Waals surface area contributed by atoms with Crippen LogP contribution in [-0.4, -0.2) is 18.2 Å². The first-order valence-electron chi connectivity index (χ1n) is 6.67. The van der Waals surface area contributed by atoms with Crippen LogP contribution in [0.4, 0.5) is 0 Å². The fourth-order valence-electron chi connectivity index (χ4n) is 3.16. The zero-order valence-electron chi connectivity index (χ0n) is 10.7. The van der Waals surface area contributed by atoms with E-state index < -0.39 is 5.41 Å². The molecule has 0 radical (unpaired) electrons. The normalized spacial score (nSPS) is 34.4. The van der Waals surface area contributed by atoms with Crippen LogP contribution in [0.3, 0.4) is 0 Å². The molecule has 2 aliphatic carbocycles. The number of nitrogens with one attached hydrogen (secondary N) is 1. The van der Waals surface area contributed by atoms with E-state index in [1.807, 2.05) is 19.1 Å². The Kier molecular flexibility index (Phi) is 3.36. The lowest BCUT2D eigenvalue weighted by Crippen LogP contribution is -2.41. The standard InChI is InChI=1S/C14H21NO2/c1-3-5-6-10-9-14(13(17)15-4-2)8-7-11(10)12(14)16/h7-8,10-11H,3-6,9H2,1-2H3,(H,15,17). The minimum Gasteiger partial charge on any atom is -0.355 e. The van der Waals surface area contributed by atoms with E-state index in [1.165, 1.54) is 0 Å². The zero-order valence-corrected chi connectivity index (χ0v) is 10.7. The van der Waals surface area contributed by atoms with Crippen LogP contribution in [0.25, 0.3) is 0 Å². The molecule has 0 aromatic rings. The number of hydrogen-bond donors (Lipinski definition) is 1. The Balaban J connectivity index is 2.13.